The lowest BCUT2D eigenvalue weighted by Gasteiger charge is -2.17. The monoisotopic (exact) mass is 401 g/mol. The predicted molar refractivity (Wildman–Crippen MR) is 118 cm³/mol. The maximum absolute atomic E-state index is 12.6. The second kappa shape index (κ2) is 9.48. The minimum atomic E-state index is -0.493. The topological polar surface area (TPSA) is 83.4 Å². The summed E-state index contributed by atoms with van der Waals surface area (Å²) < 4.78 is 10.7. The molecule has 6 nitrogen and oxygen atoms in total. The second-order valence-corrected chi connectivity index (χ2v) is 6.69. The Labute approximate surface area is 176 Å². The van der Waals surface area contributed by atoms with E-state index in [1.165, 1.54) is 0 Å². The molecule has 0 aliphatic carbocycles. The number of hydrogen-bond acceptors (Lipinski definition) is 5. The fourth-order valence-electron chi connectivity index (χ4n) is 3.03. The van der Waals surface area contributed by atoms with E-state index in [4.69, 9.17) is 14.7 Å². The van der Waals surface area contributed by atoms with E-state index in [2.05, 4.69) is 16.7 Å². The average molecular weight is 401 g/mol. The van der Waals surface area contributed by atoms with Crippen LogP contribution in [0.2, 0.25) is 0 Å². The van der Waals surface area contributed by atoms with Gasteiger partial charge in [0.05, 0.1) is 25.9 Å². The third-order valence-corrected chi connectivity index (χ3v) is 4.64. The lowest BCUT2D eigenvalue weighted by molar-refractivity contribution is -0.116. The number of carbonyl (C=O) groups excluding carboxylic acids is 1. The highest BCUT2D eigenvalue weighted by Crippen LogP contribution is 2.33. The van der Waals surface area contributed by atoms with E-state index < -0.39 is 6.04 Å². The Balaban J connectivity index is 1.76. The zero-order valence-corrected chi connectivity index (χ0v) is 17.1. The molecule has 0 radical (unpaired) electrons. The summed E-state index contributed by atoms with van der Waals surface area (Å²) >= 11 is 0. The Bertz CT molecular complexity index is 1070. The van der Waals surface area contributed by atoms with Gasteiger partial charge in [-0.05, 0) is 61.0 Å². The summed E-state index contributed by atoms with van der Waals surface area (Å²) in [5.74, 6) is 1.31. The molecular weight excluding hydrogens is 378 g/mol. The minimum Gasteiger partial charge on any atom is -0.497 e. The number of amides is 1. The first-order valence-electron chi connectivity index (χ1n) is 9.44. The number of carbonyl (C=O) groups is 1. The van der Waals surface area contributed by atoms with Gasteiger partial charge in [-0.1, -0.05) is 18.2 Å². The summed E-state index contributed by atoms with van der Waals surface area (Å²) in [6.45, 7) is 1.78. The van der Waals surface area contributed by atoms with Crippen LogP contribution in [-0.2, 0) is 4.79 Å². The van der Waals surface area contributed by atoms with Crippen LogP contribution >= 0.6 is 0 Å². The van der Waals surface area contributed by atoms with Gasteiger partial charge in [0.2, 0.25) is 5.91 Å². The molecule has 3 aromatic rings. The molecule has 2 N–H and O–H groups in total. The minimum absolute atomic E-state index is 0.202. The summed E-state index contributed by atoms with van der Waals surface area (Å²) in [6, 6.07) is 21.8. The number of nitrogens with zero attached hydrogens (tertiary/aromatic N) is 1. The summed E-state index contributed by atoms with van der Waals surface area (Å²) in [6.07, 6.45) is 0. The van der Waals surface area contributed by atoms with Crippen LogP contribution in [0.15, 0.2) is 66.7 Å². The molecule has 0 spiro atoms. The molecule has 6 heteroatoms. The predicted octanol–water partition coefficient (Wildman–Crippen LogP) is 4.68. The lowest BCUT2D eigenvalue weighted by Crippen LogP contribution is -2.31. The van der Waals surface area contributed by atoms with Gasteiger partial charge in [0, 0.05) is 16.9 Å². The van der Waals surface area contributed by atoms with Crippen molar-refractivity contribution in [3.05, 3.63) is 72.3 Å². The van der Waals surface area contributed by atoms with Gasteiger partial charge < -0.3 is 20.1 Å². The van der Waals surface area contributed by atoms with Gasteiger partial charge >= 0.3 is 0 Å². The highest BCUT2D eigenvalue weighted by atomic mass is 16.5. The standard InChI is InChI=1S/C24H23N3O3/c1-16(24(28)27-19-6-4-5-17(13-19)15-25)26-20-9-12-23(30-3)22(14-20)18-7-10-21(29-2)11-8-18/h4-14,16,26H,1-3H3,(H,27,28)/t16-/m0/s1. The molecular formula is C24H23N3O3. The molecule has 0 saturated heterocycles. The highest BCUT2D eigenvalue weighted by Gasteiger charge is 2.15. The van der Waals surface area contributed by atoms with Gasteiger partial charge in [-0.25, -0.2) is 0 Å². The Hall–Kier alpha value is -3.98. The van der Waals surface area contributed by atoms with Crippen molar-refractivity contribution in [3.63, 3.8) is 0 Å². The first kappa shape index (κ1) is 20.7. The zero-order chi connectivity index (χ0) is 21.5. The molecule has 0 bridgehead atoms. The van der Waals surface area contributed by atoms with Crippen molar-refractivity contribution in [2.45, 2.75) is 13.0 Å². The van der Waals surface area contributed by atoms with Crippen molar-refractivity contribution < 1.29 is 14.3 Å². The molecule has 0 aliphatic rings. The second-order valence-electron chi connectivity index (χ2n) is 6.69. The molecule has 152 valence electrons. The van der Waals surface area contributed by atoms with Crippen molar-refractivity contribution in [1.82, 2.24) is 0 Å². The number of rotatable bonds is 7. The van der Waals surface area contributed by atoms with E-state index in [1.54, 1.807) is 45.4 Å². The van der Waals surface area contributed by atoms with Crippen LogP contribution < -0.4 is 20.1 Å². The number of ether oxygens (including phenoxy) is 2. The number of hydrogen-bond donors (Lipinski definition) is 2. The van der Waals surface area contributed by atoms with Gasteiger partial charge in [-0.15, -0.1) is 0 Å². The third kappa shape index (κ3) is 4.89. The highest BCUT2D eigenvalue weighted by molar-refractivity contribution is 5.96. The normalized spacial score (nSPS) is 11.1. The number of nitrogens with one attached hydrogen (secondary N) is 2. The molecule has 1 amide bonds. The van der Waals surface area contributed by atoms with Gasteiger partial charge in [-0.2, -0.15) is 5.26 Å². The largest absolute Gasteiger partial charge is 0.497 e. The van der Waals surface area contributed by atoms with Gasteiger partial charge in [0.1, 0.15) is 17.5 Å². The van der Waals surface area contributed by atoms with Crippen molar-refractivity contribution in [2.24, 2.45) is 0 Å². The van der Waals surface area contributed by atoms with E-state index in [-0.39, 0.29) is 5.91 Å². The van der Waals surface area contributed by atoms with E-state index in [0.29, 0.717) is 11.3 Å². The van der Waals surface area contributed by atoms with Crippen molar-refractivity contribution in [3.8, 4) is 28.7 Å². The Morgan fingerprint density at radius 2 is 1.73 bits per heavy atom. The molecule has 3 aromatic carbocycles. The van der Waals surface area contributed by atoms with E-state index in [0.717, 1.165) is 28.3 Å². The Morgan fingerprint density at radius 1 is 0.967 bits per heavy atom. The molecule has 0 aliphatic heterocycles. The van der Waals surface area contributed by atoms with Crippen molar-refractivity contribution in [2.75, 3.05) is 24.9 Å². The van der Waals surface area contributed by atoms with Crippen LogP contribution in [0, 0.1) is 11.3 Å². The molecule has 3 rings (SSSR count). The maximum Gasteiger partial charge on any atom is 0.246 e. The fraction of sp³-hybridized carbons (Fsp3) is 0.167. The summed E-state index contributed by atoms with van der Waals surface area (Å²) in [7, 11) is 3.25. The number of benzene rings is 3. The SMILES string of the molecule is COc1ccc(-c2cc(N[C@@H](C)C(=O)Nc3cccc(C#N)c3)ccc2OC)cc1. The number of methoxy groups -OCH3 is 2. The van der Waals surface area contributed by atoms with Crippen LogP contribution in [0.4, 0.5) is 11.4 Å². The molecule has 0 saturated carbocycles. The number of anilines is 2. The fourth-order valence-corrected chi connectivity index (χ4v) is 3.03. The smallest absolute Gasteiger partial charge is 0.246 e. The van der Waals surface area contributed by atoms with E-state index >= 15 is 0 Å². The van der Waals surface area contributed by atoms with Gasteiger partial charge in [-0.3, -0.25) is 4.79 Å². The van der Waals surface area contributed by atoms with Crippen LogP contribution in [0.5, 0.6) is 11.5 Å². The average Bonchev–Trinajstić information content (AvgIpc) is 2.79. The third-order valence-electron chi connectivity index (χ3n) is 4.64. The van der Waals surface area contributed by atoms with Crippen LogP contribution in [0.3, 0.4) is 0 Å². The van der Waals surface area contributed by atoms with Crippen LogP contribution in [0.25, 0.3) is 11.1 Å². The summed E-state index contributed by atoms with van der Waals surface area (Å²) in [4.78, 5) is 12.6. The van der Waals surface area contributed by atoms with Gasteiger partial charge in [0.15, 0.2) is 0 Å². The Morgan fingerprint density at radius 3 is 2.40 bits per heavy atom. The van der Waals surface area contributed by atoms with Gasteiger partial charge in [0.25, 0.3) is 0 Å². The zero-order valence-electron chi connectivity index (χ0n) is 17.1. The van der Waals surface area contributed by atoms with E-state index in [1.807, 2.05) is 42.5 Å². The summed E-state index contributed by atoms with van der Waals surface area (Å²) in [5, 5.41) is 15.0. The number of nitriles is 1. The maximum atomic E-state index is 12.6. The molecule has 0 unspecified atom stereocenters. The molecule has 30 heavy (non-hydrogen) atoms. The lowest BCUT2D eigenvalue weighted by atomic mass is 10.0. The quantitative estimate of drug-likeness (QED) is 0.600. The first-order valence-corrected chi connectivity index (χ1v) is 9.44. The van der Waals surface area contributed by atoms with E-state index in [9.17, 15) is 4.79 Å². The molecule has 0 aromatic heterocycles. The molecule has 0 heterocycles. The first-order chi connectivity index (χ1) is 14.5. The summed E-state index contributed by atoms with van der Waals surface area (Å²) in [5.41, 5.74) is 3.74. The van der Waals surface area contributed by atoms with Crippen LogP contribution in [0.1, 0.15) is 12.5 Å². The van der Waals surface area contributed by atoms with Crippen molar-refractivity contribution in [1.29, 1.82) is 5.26 Å². The Kier molecular flexibility index (Phi) is 6.56. The van der Waals surface area contributed by atoms with Crippen LogP contribution in [-0.4, -0.2) is 26.2 Å². The van der Waals surface area contributed by atoms with Crippen molar-refractivity contribution >= 4 is 17.3 Å². The molecule has 0 fully saturated rings. The molecule has 1 atom stereocenters.